The molecule has 1 aliphatic carbocycles. The Kier molecular flexibility index (Phi) is 3.39. The minimum atomic E-state index is 0.588. The number of halogens is 1. The second-order valence-electron chi connectivity index (χ2n) is 5.47. The van der Waals surface area contributed by atoms with Crippen molar-refractivity contribution in [3.8, 4) is 11.4 Å². The van der Waals surface area contributed by atoms with Gasteiger partial charge in [-0.2, -0.15) is 9.61 Å². The fourth-order valence-electron chi connectivity index (χ4n) is 2.96. The third kappa shape index (κ3) is 2.34. The van der Waals surface area contributed by atoms with Crippen LogP contribution in [0.25, 0.3) is 16.3 Å². The van der Waals surface area contributed by atoms with Gasteiger partial charge in [0.25, 0.3) is 0 Å². The van der Waals surface area contributed by atoms with Gasteiger partial charge in [-0.3, -0.25) is 0 Å². The molecule has 0 amide bonds. The summed E-state index contributed by atoms with van der Waals surface area (Å²) in [4.78, 5) is 0.852. The maximum Gasteiger partial charge on any atom is 0.234 e. The molecular weight excluding hydrogens is 304 g/mol. The van der Waals surface area contributed by atoms with E-state index in [9.17, 15) is 0 Å². The molecule has 4 rings (SSSR count). The van der Waals surface area contributed by atoms with Gasteiger partial charge >= 0.3 is 0 Å². The van der Waals surface area contributed by atoms with Crippen LogP contribution >= 0.6 is 22.9 Å². The summed E-state index contributed by atoms with van der Waals surface area (Å²) in [7, 11) is 0. The highest BCUT2D eigenvalue weighted by molar-refractivity contribution is 7.16. The summed E-state index contributed by atoms with van der Waals surface area (Å²) in [6.07, 6.45) is 6.45. The molecule has 0 saturated heterocycles. The average Bonchev–Trinajstić information content (AvgIpc) is 3.09. The molecule has 1 fully saturated rings. The van der Waals surface area contributed by atoms with Crippen LogP contribution in [0, 0.1) is 0 Å². The Hall–Kier alpha value is -1.46. The van der Waals surface area contributed by atoms with E-state index in [-0.39, 0.29) is 0 Å². The highest BCUT2D eigenvalue weighted by Gasteiger charge is 2.22. The van der Waals surface area contributed by atoms with E-state index in [0.717, 1.165) is 16.3 Å². The summed E-state index contributed by atoms with van der Waals surface area (Å²) in [6.45, 7) is 0. The molecule has 2 heterocycles. The monoisotopic (exact) mass is 318 g/mol. The van der Waals surface area contributed by atoms with E-state index in [2.05, 4.69) is 10.2 Å². The number of aromatic nitrogens is 4. The summed E-state index contributed by atoms with van der Waals surface area (Å²) in [6, 6.07) is 7.69. The van der Waals surface area contributed by atoms with E-state index in [1.165, 1.54) is 37.1 Å². The molecule has 0 bridgehead atoms. The van der Waals surface area contributed by atoms with Crippen LogP contribution in [0.15, 0.2) is 24.3 Å². The lowest BCUT2D eigenvalue weighted by Crippen LogP contribution is -2.05. The summed E-state index contributed by atoms with van der Waals surface area (Å²) >= 11 is 7.93. The van der Waals surface area contributed by atoms with Crippen molar-refractivity contribution in [1.82, 2.24) is 19.8 Å². The van der Waals surface area contributed by atoms with Crippen molar-refractivity contribution >= 4 is 27.9 Å². The Morgan fingerprint density at radius 1 is 1.10 bits per heavy atom. The molecule has 4 nitrogen and oxygen atoms in total. The van der Waals surface area contributed by atoms with Crippen LogP contribution in [0.2, 0.25) is 5.02 Å². The predicted molar refractivity (Wildman–Crippen MR) is 84.9 cm³/mol. The topological polar surface area (TPSA) is 43.1 Å². The number of rotatable bonds is 2. The summed E-state index contributed by atoms with van der Waals surface area (Å²) in [5, 5.41) is 15.1. The van der Waals surface area contributed by atoms with Crippen LogP contribution in [0.5, 0.6) is 0 Å². The third-order valence-electron chi connectivity index (χ3n) is 4.08. The molecule has 21 heavy (non-hydrogen) atoms. The van der Waals surface area contributed by atoms with E-state index in [1.54, 1.807) is 11.3 Å². The van der Waals surface area contributed by atoms with Crippen LogP contribution in [-0.4, -0.2) is 19.8 Å². The van der Waals surface area contributed by atoms with Gasteiger partial charge < -0.3 is 0 Å². The zero-order chi connectivity index (χ0) is 14.2. The Balaban J connectivity index is 1.78. The number of hydrogen-bond acceptors (Lipinski definition) is 4. The fraction of sp³-hybridized carbons (Fsp3) is 0.400. The van der Waals surface area contributed by atoms with Gasteiger partial charge in [0.05, 0.1) is 5.02 Å². The van der Waals surface area contributed by atoms with Gasteiger partial charge in [-0.25, -0.2) is 0 Å². The molecule has 0 atom stereocenters. The summed E-state index contributed by atoms with van der Waals surface area (Å²) < 4.78 is 1.84. The van der Waals surface area contributed by atoms with E-state index < -0.39 is 0 Å². The van der Waals surface area contributed by atoms with Crippen molar-refractivity contribution in [2.45, 2.75) is 38.0 Å². The van der Waals surface area contributed by atoms with Crippen LogP contribution in [0.4, 0.5) is 0 Å². The third-order valence-corrected chi connectivity index (χ3v) is 5.47. The molecule has 0 N–H and O–H groups in total. The lowest BCUT2D eigenvalue weighted by molar-refractivity contribution is 0.440. The smallest absolute Gasteiger partial charge is 0.183 e. The van der Waals surface area contributed by atoms with Crippen LogP contribution < -0.4 is 0 Å². The van der Waals surface area contributed by atoms with Crippen molar-refractivity contribution in [2.24, 2.45) is 0 Å². The molecule has 1 saturated carbocycles. The number of fused-ring (bicyclic) bond motifs is 1. The molecule has 0 unspecified atom stereocenters. The zero-order valence-corrected chi connectivity index (χ0v) is 13.1. The molecule has 1 aliphatic rings. The van der Waals surface area contributed by atoms with Gasteiger partial charge in [-0.1, -0.05) is 54.3 Å². The van der Waals surface area contributed by atoms with Crippen molar-refractivity contribution in [2.75, 3.05) is 0 Å². The highest BCUT2D eigenvalue weighted by atomic mass is 35.5. The largest absolute Gasteiger partial charge is 0.234 e. The normalized spacial score (nSPS) is 16.6. The molecular formula is C15H15ClN4S. The SMILES string of the molecule is Clc1ccccc1-c1nnc2sc(C3CCCCC3)nn12. The number of benzene rings is 1. The van der Waals surface area contributed by atoms with Crippen molar-refractivity contribution in [3.63, 3.8) is 0 Å². The molecule has 1 aromatic carbocycles. The second kappa shape index (κ2) is 5.39. The fourth-order valence-corrected chi connectivity index (χ4v) is 4.18. The first-order valence-corrected chi connectivity index (χ1v) is 8.49. The van der Waals surface area contributed by atoms with E-state index in [1.807, 2.05) is 28.8 Å². The standard InChI is InChI=1S/C15H15ClN4S/c16-12-9-5-4-8-11(12)13-17-18-15-20(13)19-14(21-15)10-6-2-1-3-7-10/h4-5,8-10H,1-3,6-7H2. The highest BCUT2D eigenvalue weighted by Crippen LogP contribution is 2.36. The van der Waals surface area contributed by atoms with Crippen molar-refractivity contribution in [3.05, 3.63) is 34.3 Å². The van der Waals surface area contributed by atoms with E-state index in [4.69, 9.17) is 16.7 Å². The van der Waals surface area contributed by atoms with Gasteiger partial charge in [0.2, 0.25) is 4.96 Å². The minimum absolute atomic E-state index is 0.588. The van der Waals surface area contributed by atoms with Crippen LogP contribution in [0.3, 0.4) is 0 Å². The molecule has 0 aliphatic heterocycles. The first-order valence-electron chi connectivity index (χ1n) is 7.30. The summed E-state index contributed by atoms with van der Waals surface area (Å²) in [5.74, 6) is 1.32. The van der Waals surface area contributed by atoms with E-state index in [0.29, 0.717) is 10.9 Å². The lowest BCUT2D eigenvalue weighted by Gasteiger charge is -2.18. The molecule has 0 radical (unpaired) electrons. The quantitative estimate of drug-likeness (QED) is 0.696. The molecule has 108 valence electrons. The maximum atomic E-state index is 6.27. The predicted octanol–water partition coefficient (Wildman–Crippen LogP) is 4.55. The van der Waals surface area contributed by atoms with Gasteiger partial charge in [-0.05, 0) is 25.0 Å². The first-order chi connectivity index (χ1) is 10.3. The molecule has 2 aromatic heterocycles. The Bertz CT molecular complexity index is 773. The Morgan fingerprint density at radius 3 is 2.71 bits per heavy atom. The van der Waals surface area contributed by atoms with Gasteiger partial charge in [0, 0.05) is 11.5 Å². The number of hydrogen-bond donors (Lipinski definition) is 0. The van der Waals surface area contributed by atoms with Crippen molar-refractivity contribution in [1.29, 1.82) is 0 Å². The Labute approximate surface area is 131 Å². The first kappa shape index (κ1) is 13.2. The average molecular weight is 319 g/mol. The lowest BCUT2D eigenvalue weighted by atomic mass is 9.90. The summed E-state index contributed by atoms with van der Waals surface area (Å²) in [5.41, 5.74) is 0.882. The van der Waals surface area contributed by atoms with Gasteiger partial charge in [-0.15, -0.1) is 10.2 Å². The van der Waals surface area contributed by atoms with Crippen molar-refractivity contribution < 1.29 is 0 Å². The van der Waals surface area contributed by atoms with Crippen LogP contribution in [-0.2, 0) is 0 Å². The van der Waals surface area contributed by atoms with Crippen LogP contribution in [0.1, 0.15) is 43.0 Å². The van der Waals surface area contributed by atoms with Gasteiger partial charge in [0.1, 0.15) is 5.01 Å². The maximum absolute atomic E-state index is 6.27. The minimum Gasteiger partial charge on any atom is -0.183 e. The molecule has 0 spiro atoms. The Morgan fingerprint density at radius 2 is 1.90 bits per heavy atom. The zero-order valence-electron chi connectivity index (χ0n) is 11.5. The second-order valence-corrected chi connectivity index (χ2v) is 6.87. The molecule has 6 heteroatoms. The van der Waals surface area contributed by atoms with E-state index >= 15 is 0 Å². The number of nitrogens with zero attached hydrogens (tertiary/aromatic N) is 4. The molecule has 3 aromatic rings. The van der Waals surface area contributed by atoms with Gasteiger partial charge in [0.15, 0.2) is 5.82 Å².